The molecule has 5 nitrogen and oxygen atoms in total. The lowest BCUT2D eigenvalue weighted by molar-refractivity contribution is 0.103. The fourth-order valence-corrected chi connectivity index (χ4v) is 3.37. The number of benzene rings is 2. The van der Waals surface area contributed by atoms with Gasteiger partial charge in [0.2, 0.25) is 0 Å². The average Bonchev–Trinajstić information content (AvgIpc) is 3.22. The van der Waals surface area contributed by atoms with Crippen LogP contribution in [0, 0.1) is 0 Å². The SMILES string of the molecule is CCN(C(=O)OCCOC)c1ccc2cccc(C(C)C3=CCC=N3)c2c1. The van der Waals surface area contributed by atoms with Gasteiger partial charge in [0.15, 0.2) is 0 Å². The average molecular weight is 366 g/mol. The number of hydrogen-bond acceptors (Lipinski definition) is 4. The summed E-state index contributed by atoms with van der Waals surface area (Å²) in [7, 11) is 1.58. The Kier molecular flexibility index (Phi) is 6.24. The molecule has 0 aliphatic carbocycles. The minimum absolute atomic E-state index is 0.200. The number of rotatable bonds is 7. The number of fused-ring (bicyclic) bond motifs is 1. The molecule has 1 aliphatic heterocycles. The summed E-state index contributed by atoms with van der Waals surface area (Å²) in [4.78, 5) is 18.6. The Morgan fingerprint density at radius 2 is 2.11 bits per heavy atom. The topological polar surface area (TPSA) is 51.1 Å². The van der Waals surface area contributed by atoms with Gasteiger partial charge in [-0.1, -0.05) is 37.3 Å². The third-order valence-electron chi connectivity index (χ3n) is 4.84. The van der Waals surface area contributed by atoms with Crippen molar-refractivity contribution in [3.63, 3.8) is 0 Å². The van der Waals surface area contributed by atoms with Crippen molar-refractivity contribution in [3.8, 4) is 0 Å². The van der Waals surface area contributed by atoms with Crippen LogP contribution in [0.5, 0.6) is 0 Å². The number of carbonyl (C=O) groups is 1. The number of aliphatic imine (C=N–C) groups is 1. The maximum absolute atomic E-state index is 12.4. The summed E-state index contributed by atoms with van der Waals surface area (Å²) in [5, 5.41) is 2.28. The lowest BCUT2D eigenvalue weighted by atomic mass is 9.92. The lowest BCUT2D eigenvalue weighted by Gasteiger charge is -2.22. The van der Waals surface area contributed by atoms with Gasteiger partial charge in [0.1, 0.15) is 6.61 Å². The molecule has 1 amide bonds. The first kappa shape index (κ1) is 19.1. The standard InChI is InChI=1S/C22H26N2O3/c1-4-24(22(25)27-14-13-26-3)18-11-10-17-7-5-8-19(20(17)15-18)16(2)21-9-6-12-23-21/h5,7-12,15-16H,4,6,13-14H2,1-3H3. The van der Waals surface area contributed by atoms with E-state index in [4.69, 9.17) is 9.47 Å². The van der Waals surface area contributed by atoms with Crippen LogP contribution in [-0.2, 0) is 9.47 Å². The van der Waals surface area contributed by atoms with Crippen molar-refractivity contribution < 1.29 is 14.3 Å². The van der Waals surface area contributed by atoms with Crippen LogP contribution >= 0.6 is 0 Å². The highest BCUT2D eigenvalue weighted by Crippen LogP contribution is 2.34. The van der Waals surface area contributed by atoms with Crippen LogP contribution in [0.15, 0.2) is 53.2 Å². The van der Waals surface area contributed by atoms with Crippen LogP contribution in [0.2, 0.25) is 0 Å². The van der Waals surface area contributed by atoms with Gasteiger partial charge in [0, 0.05) is 43.6 Å². The summed E-state index contributed by atoms with van der Waals surface area (Å²) in [6.45, 7) is 5.28. The van der Waals surface area contributed by atoms with E-state index in [9.17, 15) is 4.79 Å². The summed E-state index contributed by atoms with van der Waals surface area (Å²) in [5.74, 6) is 0.200. The third kappa shape index (κ3) is 4.19. The molecule has 2 aromatic rings. The maximum atomic E-state index is 12.4. The van der Waals surface area contributed by atoms with E-state index in [0.29, 0.717) is 13.2 Å². The first-order valence-electron chi connectivity index (χ1n) is 9.34. The van der Waals surface area contributed by atoms with Gasteiger partial charge >= 0.3 is 6.09 Å². The van der Waals surface area contributed by atoms with Gasteiger partial charge < -0.3 is 9.47 Å². The highest BCUT2D eigenvalue weighted by atomic mass is 16.6. The number of amides is 1. The summed E-state index contributed by atoms with van der Waals surface area (Å²) < 4.78 is 10.2. The number of nitrogens with zero attached hydrogens (tertiary/aromatic N) is 2. The Bertz CT molecular complexity index is 873. The summed E-state index contributed by atoms with van der Waals surface area (Å²) in [6, 6.07) is 12.4. The molecule has 0 saturated carbocycles. The molecule has 1 unspecified atom stereocenters. The molecule has 3 rings (SSSR count). The van der Waals surface area contributed by atoms with Gasteiger partial charge in [-0.2, -0.15) is 0 Å². The Morgan fingerprint density at radius 3 is 2.81 bits per heavy atom. The van der Waals surface area contributed by atoms with Gasteiger partial charge in [-0.25, -0.2) is 4.79 Å². The molecule has 0 radical (unpaired) electrons. The predicted octanol–water partition coefficient (Wildman–Crippen LogP) is 4.91. The fourth-order valence-electron chi connectivity index (χ4n) is 3.37. The smallest absolute Gasteiger partial charge is 0.414 e. The third-order valence-corrected chi connectivity index (χ3v) is 4.84. The number of anilines is 1. The molecule has 142 valence electrons. The second kappa shape index (κ2) is 8.82. The quantitative estimate of drug-likeness (QED) is 0.654. The molecule has 1 aliphatic rings. The minimum Gasteiger partial charge on any atom is -0.447 e. The van der Waals surface area contributed by atoms with E-state index in [1.165, 1.54) is 5.56 Å². The largest absolute Gasteiger partial charge is 0.447 e. The second-order valence-corrected chi connectivity index (χ2v) is 6.50. The van der Waals surface area contributed by atoms with Gasteiger partial charge in [-0.05, 0) is 35.4 Å². The highest BCUT2D eigenvalue weighted by molar-refractivity contribution is 5.94. The van der Waals surface area contributed by atoms with Crippen molar-refractivity contribution in [2.45, 2.75) is 26.2 Å². The van der Waals surface area contributed by atoms with E-state index in [1.54, 1.807) is 12.0 Å². The van der Waals surface area contributed by atoms with Crippen molar-refractivity contribution in [3.05, 3.63) is 53.7 Å². The summed E-state index contributed by atoms with van der Waals surface area (Å²) in [5.41, 5.74) is 3.14. The molecule has 0 N–H and O–H groups in total. The Morgan fingerprint density at radius 1 is 1.26 bits per heavy atom. The van der Waals surface area contributed by atoms with Gasteiger partial charge in [-0.3, -0.25) is 9.89 Å². The minimum atomic E-state index is -0.359. The molecule has 0 spiro atoms. The molecule has 1 atom stereocenters. The van der Waals surface area contributed by atoms with Crippen LogP contribution in [0.1, 0.15) is 31.7 Å². The molecule has 0 saturated heterocycles. The molecule has 0 bridgehead atoms. The van der Waals surface area contributed by atoms with E-state index in [0.717, 1.165) is 28.6 Å². The number of methoxy groups -OCH3 is 1. The highest BCUT2D eigenvalue weighted by Gasteiger charge is 2.19. The van der Waals surface area contributed by atoms with E-state index in [-0.39, 0.29) is 18.6 Å². The zero-order valence-electron chi connectivity index (χ0n) is 16.1. The molecular weight excluding hydrogens is 340 g/mol. The van der Waals surface area contributed by atoms with E-state index in [2.05, 4.69) is 48.3 Å². The fraction of sp³-hybridized carbons (Fsp3) is 0.364. The molecule has 0 aromatic heterocycles. The Balaban J connectivity index is 1.94. The molecule has 2 aromatic carbocycles. The van der Waals surface area contributed by atoms with Crippen LogP contribution in [-0.4, -0.2) is 39.2 Å². The van der Waals surface area contributed by atoms with Crippen molar-refractivity contribution in [2.24, 2.45) is 4.99 Å². The molecule has 1 heterocycles. The van der Waals surface area contributed by atoms with Crippen molar-refractivity contribution >= 4 is 28.8 Å². The van der Waals surface area contributed by atoms with Gasteiger partial charge in [0.25, 0.3) is 0 Å². The number of ether oxygens (including phenoxy) is 2. The number of carbonyl (C=O) groups excluding carboxylic acids is 1. The molecule has 27 heavy (non-hydrogen) atoms. The normalized spacial score (nSPS) is 14.3. The summed E-state index contributed by atoms with van der Waals surface area (Å²) in [6.07, 6.45) is 4.64. The first-order valence-corrected chi connectivity index (χ1v) is 9.34. The molecule has 0 fully saturated rings. The van der Waals surface area contributed by atoms with Crippen molar-refractivity contribution in [2.75, 3.05) is 31.8 Å². The zero-order valence-corrected chi connectivity index (χ0v) is 16.1. The van der Waals surface area contributed by atoms with E-state index < -0.39 is 0 Å². The molecule has 5 heteroatoms. The van der Waals surface area contributed by atoms with Crippen LogP contribution in [0.4, 0.5) is 10.5 Å². The van der Waals surface area contributed by atoms with Crippen LogP contribution < -0.4 is 4.90 Å². The number of allylic oxidation sites excluding steroid dienone is 2. The van der Waals surface area contributed by atoms with E-state index in [1.807, 2.05) is 19.2 Å². The van der Waals surface area contributed by atoms with Crippen molar-refractivity contribution in [1.29, 1.82) is 0 Å². The Hall–Kier alpha value is -2.66. The van der Waals surface area contributed by atoms with Crippen LogP contribution in [0.25, 0.3) is 10.8 Å². The first-order chi connectivity index (χ1) is 13.2. The second-order valence-electron chi connectivity index (χ2n) is 6.50. The maximum Gasteiger partial charge on any atom is 0.414 e. The van der Waals surface area contributed by atoms with E-state index >= 15 is 0 Å². The predicted molar refractivity (Wildman–Crippen MR) is 110 cm³/mol. The van der Waals surface area contributed by atoms with Gasteiger partial charge in [-0.15, -0.1) is 0 Å². The lowest BCUT2D eigenvalue weighted by Crippen LogP contribution is -2.32. The monoisotopic (exact) mass is 366 g/mol. The zero-order chi connectivity index (χ0) is 19.2. The Labute approximate surface area is 160 Å². The van der Waals surface area contributed by atoms with Gasteiger partial charge in [0.05, 0.1) is 6.61 Å². The molecular formula is C22H26N2O3. The van der Waals surface area contributed by atoms with Crippen molar-refractivity contribution in [1.82, 2.24) is 0 Å². The van der Waals surface area contributed by atoms with Crippen LogP contribution in [0.3, 0.4) is 0 Å². The number of hydrogen-bond donors (Lipinski definition) is 0. The summed E-state index contributed by atoms with van der Waals surface area (Å²) >= 11 is 0.